The minimum absolute atomic E-state index is 0.581. The van der Waals surface area contributed by atoms with Crippen molar-refractivity contribution < 1.29 is 0 Å². The summed E-state index contributed by atoms with van der Waals surface area (Å²) in [4.78, 5) is 16.1. The number of likely N-dealkylation sites (tertiary alicyclic amines) is 1. The van der Waals surface area contributed by atoms with Crippen LogP contribution in [0.5, 0.6) is 0 Å². The number of aromatic nitrogens is 3. The summed E-state index contributed by atoms with van der Waals surface area (Å²) >= 11 is 6.22. The molecule has 0 atom stereocenters. The molecule has 6 nitrogen and oxygen atoms in total. The van der Waals surface area contributed by atoms with Gasteiger partial charge in [0.2, 0.25) is 5.95 Å². The van der Waals surface area contributed by atoms with Crippen LogP contribution >= 0.6 is 11.6 Å². The summed E-state index contributed by atoms with van der Waals surface area (Å²) in [5.41, 5.74) is 1.89. The lowest BCUT2D eigenvalue weighted by Crippen LogP contribution is -2.31. The van der Waals surface area contributed by atoms with Gasteiger partial charge in [-0.05, 0) is 56.6 Å². The summed E-state index contributed by atoms with van der Waals surface area (Å²) in [5, 5.41) is 8.38. The maximum atomic E-state index is 6.22. The zero-order chi connectivity index (χ0) is 19.9. The van der Waals surface area contributed by atoms with Crippen molar-refractivity contribution in [3.63, 3.8) is 0 Å². The molecule has 1 aromatic carbocycles. The summed E-state index contributed by atoms with van der Waals surface area (Å²) in [6.45, 7) is 5.10. The van der Waals surface area contributed by atoms with Gasteiger partial charge in [0, 0.05) is 30.5 Å². The largest absolute Gasteiger partial charge is 0.369 e. The van der Waals surface area contributed by atoms with E-state index in [2.05, 4.69) is 30.5 Å². The molecule has 3 aromatic rings. The number of benzene rings is 1. The number of fused-ring (bicyclic) bond motifs is 1. The van der Waals surface area contributed by atoms with Gasteiger partial charge in [-0.1, -0.05) is 36.2 Å². The van der Waals surface area contributed by atoms with Crippen molar-refractivity contribution in [1.82, 2.24) is 19.9 Å². The zero-order valence-corrected chi connectivity index (χ0v) is 17.3. The van der Waals surface area contributed by atoms with Crippen LogP contribution in [0.2, 0.25) is 5.02 Å². The van der Waals surface area contributed by atoms with Crippen molar-refractivity contribution in [2.24, 2.45) is 0 Å². The quantitative estimate of drug-likeness (QED) is 0.530. The molecule has 4 rings (SSSR count). The molecule has 3 heterocycles. The number of nitrogens with zero attached hydrogens (tertiary/aromatic N) is 4. The predicted molar refractivity (Wildman–Crippen MR) is 120 cm³/mol. The molecule has 0 unspecified atom stereocenters. The Balaban J connectivity index is 1.35. The van der Waals surface area contributed by atoms with Gasteiger partial charge in [0.25, 0.3) is 0 Å². The van der Waals surface area contributed by atoms with Gasteiger partial charge in [0.15, 0.2) is 0 Å². The van der Waals surface area contributed by atoms with Crippen molar-refractivity contribution in [2.75, 3.05) is 36.8 Å². The van der Waals surface area contributed by atoms with Crippen LogP contribution in [-0.4, -0.2) is 46.0 Å². The average Bonchev–Trinajstić information content (AvgIpc) is 2.77. The van der Waals surface area contributed by atoms with Gasteiger partial charge in [-0.25, -0.2) is 15.0 Å². The van der Waals surface area contributed by atoms with Crippen molar-refractivity contribution in [3.05, 3.63) is 53.3 Å². The maximum absolute atomic E-state index is 6.22. The molecule has 29 heavy (non-hydrogen) atoms. The standard InChI is InChI=1S/C22H27ClN6/c23-19-8-3-2-7-17(19)15-26-22-27-16-18-20(28-22)9-11-25-21(18)24-10-6-14-29-12-4-1-5-13-29/h2-3,7-9,11,16H,1,4-6,10,12-15H2,(H,24,25)(H,26,27,28). The Morgan fingerprint density at radius 1 is 1.00 bits per heavy atom. The Bertz CT molecular complexity index is 941. The average molecular weight is 411 g/mol. The molecule has 0 amide bonds. The fourth-order valence-corrected chi connectivity index (χ4v) is 3.89. The van der Waals surface area contributed by atoms with Crippen LogP contribution in [0.1, 0.15) is 31.2 Å². The van der Waals surface area contributed by atoms with Gasteiger partial charge in [0.05, 0.1) is 10.9 Å². The number of hydrogen-bond acceptors (Lipinski definition) is 6. The molecule has 0 spiro atoms. The molecule has 1 fully saturated rings. The Hall–Kier alpha value is -2.44. The summed E-state index contributed by atoms with van der Waals surface area (Å²) in [5.74, 6) is 1.43. The first kappa shape index (κ1) is 19.9. The predicted octanol–water partition coefficient (Wildman–Crippen LogP) is 4.58. The second-order valence-electron chi connectivity index (χ2n) is 7.41. The molecular formula is C22H27ClN6. The lowest BCUT2D eigenvalue weighted by molar-refractivity contribution is 0.228. The van der Waals surface area contributed by atoms with Crippen LogP contribution in [0.3, 0.4) is 0 Å². The minimum Gasteiger partial charge on any atom is -0.369 e. The molecule has 7 heteroatoms. The summed E-state index contributed by atoms with van der Waals surface area (Å²) in [7, 11) is 0. The molecule has 2 aromatic heterocycles. The molecule has 0 bridgehead atoms. The molecule has 0 aliphatic carbocycles. The van der Waals surface area contributed by atoms with E-state index in [1.54, 1.807) is 6.20 Å². The number of rotatable bonds is 8. The number of anilines is 2. The fraction of sp³-hybridized carbons (Fsp3) is 0.409. The van der Waals surface area contributed by atoms with Crippen molar-refractivity contribution in [3.8, 4) is 0 Å². The number of piperidine rings is 1. The highest BCUT2D eigenvalue weighted by molar-refractivity contribution is 6.31. The van der Waals surface area contributed by atoms with Crippen LogP contribution in [-0.2, 0) is 6.54 Å². The van der Waals surface area contributed by atoms with Crippen LogP contribution < -0.4 is 10.6 Å². The molecule has 152 valence electrons. The van der Waals surface area contributed by atoms with E-state index in [-0.39, 0.29) is 0 Å². The first-order chi connectivity index (χ1) is 14.3. The third-order valence-corrected chi connectivity index (χ3v) is 5.67. The normalized spacial score (nSPS) is 14.8. The Labute approximate surface area is 176 Å². The van der Waals surface area contributed by atoms with E-state index in [4.69, 9.17) is 11.6 Å². The second-order valence-corrected chi connectivity index (χ2v) is 7.82. The Kier molecular flexibility index (Phi) is 6.75. The fourth-order valence-electron chi connectivity index (χ4n) is 3.69. The minimum atomic E-state index is 0.581. The zero-order valence-electron chi connectivity index (χ0n) is 16.6. The smallest absolute Gasteiger partial charge is 0.223 e. The second kappa shape index (κ2) is 9.85. The van der Waals surface area contributed by atoms with E-state index >= 15 is 0 Å². The first-order valence-corrected chi connectivity index (χ1v) is 10.7. The molecule has 2 N–H and O–H groups in total. The highest BCUT2D eigenvalue weighted by atomic mass is 35.5. The van der Waals surface area contributed by atoms with Crippen LogP contribution in [0, 0.1) is 0 Å². The van der Waals surface area contributed by atoms with E-state index in [1.807, 2.05) is 36.5 Å². The van der Waals surface area contributed by atoms with Crippen LogP contribution in [0.15, 0.2) is 42.7 Å². The topological polar surface area (TPSA) is 66.0 Å². The summed E-state index contributed by atoms with van der Waals surface area (Å²) in [6.07, 6.45) is 8.78. The van der Waals surface area contributed by atoms with Gasteiger partial charge in [0.1, 0.15) is 5.82 Å². The molecular weight excluding hydrogens is 384 g/mol. The third kappa shape index (κ3) is 5.34. The van der Waals surface area contributed by atoms with Crippen molar-refractivity contribution in [2.45, 2.75) is 32.2 Å². The van der Waals surface area contributed by atoms with Crippen LogP contribution in [0.4, 0.5) is 11.8 Å². The molecule has 0 saturated carbocycles. The summed E-state index contributed by atoms with van der Waals surface area (Å²) in [6, 6.07) is 9.68. The van der Waals surface area contributed by atoms with E-state index in [9.17, 15) is 0 Å². The monoisotopic (exact) mass is 410 g/mol. The van der Waals surface area contributed by atoms with E-state index < -0.39 is 0 Å². The molecule has 1 aliphatic rings. The first-order valence-electron chi connectivity index (χ1n) is 10.3. The number of hydrogen-bond donors (Lipinski definition) is 2. The number of pyridine rings is 1. The summed E-state index contributed by atoms with van der Waals surface area (Å²) < 4.78 is 0. The van der Waals surface area contributed by atoms with Gasteiger partial charge in [-0.3, -0.25) is 0 Å². The van der Waals surface area contributed by atoms with Crippen molar-refractivity contribution >= 4 is 34.3 Å². The molecule has 1 saturated heterocycles. The van der Waals surface area contributed by atoms with Gasteiger partial charge >= 0.3 is 0 Å². The molecule has 0 radical (unpaired) electrons. The third-order valence-electron chi connectivity index (χ3n) is 5.30. The highest BCUT2D eigenvalue weighted by Gasteiger charge is 2.10. The lowest BCUT2D eigenvalue weighted by atomic mass is 10.1. The highest BCUT2D eigenvalue weighted by Crippen LogP contribution is 2.21. The SMILES string of the molecule is Clc1ccccc1CNc1ncc2c(NCCCN3CCCCC3)nccc2n1. The number of nitrogens with one attached hydrogen (secondary N) is 2. The maximum Gasteiger partial charge on any atom is 0.223 e. The van der Waals surface area contributed by atoms with Crippen molar-refractivity contribution in [1.29, 1.82) is 0 Å². The Morgan fingerprint density at radius 2 is 1.86 bits per heavy atom. The van der Waals surface area contributed by atoms with Gasteiger partial charge in [-0.2, -0.15) is 0 Å². The van der Waals surface area contributed by atoms with Crippen LogP contribution in [0.25, 0.3) is 10.9 Å². The Morgan fingerprint density at radius 3 is 2.72 bits per heavy atom. The molecule has 1 aliphatic heterocycles. The lowest BCUT2D eigenvalue weighted by Gasteiger charge is -2.26. The van der Waals surface area contributed by atoms with E-state index in [1.165, 1.54) is 32.4 Å². The van der Waals surface area contributed by atoms with E-state index in [0.717, 1.165) is 46.8 Å². The number of halogens is 1. The van der Waals surface area contributed by atoms with Gasteiger partial charge in [-0.15, -0.1) is 0 Å². The van der Waals surface area contributed by atoms with Gasteiger partial charge < -0.3 is 15.5 Å². The van der Waals surface area contributed by atoms with E-state index in [0.29, 0.717) is 12.5 Å².